The fourth-order valence-electron chi connectivity index (χ4n) is 6.75. The van der Waals surface area contributed by atoms with Crippen LogP contribution in [0.15, 0.2) is 149 Å². The molecule has 2 aliphatic rings. The highest BCUT2D eigenvalue weighted by molar-refractivity contribution is 6.38. The molecule has 3 atom stereocenters. The summed E-state index contributed by atoms with van der Waals surface area (Å²) >= 11 is 0. The van der Waals surface area contributed by atoms with Crippen molar-refractivity contribution in [1.82, 2.24) is 0 Å². The fraction of sp³-hybridized carbons (Fsp3) is 0.383. The van der Waals surface area contributed by atoms with Gasteiger partial charge >= 0.3 is 0 Å². The van der Waals surface area contributed by atoms with Gasteiger partial charge in [-0.2, -0.15) is 0 Å². The number of Topliss-reactive ketones (excluding diaryl/α,β-unsaturated/α-hetero) is 3. The van der Waals surface area contributed by atoms with Crippen molar-refractivity contribution >= 4 is 17.3 Å². The number of rotatable bonds is 13. The average Bonchev–Trinajstić information content (AvgIpc) is 3.06. The minimum absolute atomic E-state index is 0.0416. The molecule has 1 aromatic carbocycles. The van der Waals surface area contributed by atoms with Crippen LogP contribution in [0.2, 0.25) is 0 Å². The summed E-state index contributed by atoms with van der Waals surface area (Å²) in [4.78, 5) is 37.4. The molecule has 0 bridgehead atoms. The molecular formula is C47H58O4. The first-order valence-electron chi connectivity index (χ1n) is 18.1. The second-order valence-corrected chi connectivity index (χ2v) is 15.5. The van der Waals surface area contributed by atoms with Crippen LogP contribution in [-0.2, 0) is 25.7 Å². The lowest BCUT2D eigenvalue weighted by Gasteiger charge is -2.39. The summed E-state index contributed by atoms with van der Waals surface area (Å²) in [6.07, 6.45) is 29.4. The summed E-state index contributed by atoms with van der Waals surface area (Å²) in [6.45, 7) is 21.0. The number of allylic oxidation sites excluding steroid dienone is 19. The number of ketones is 3. The van der Waals surface area contributed by atoms with Crippen molar-refractivity contribution in [2.45, 2.75) is 94.8 Å². The Morgan fingerprint density at radius 1 is 0.745 bits per heavy atom. The van der Waals surface area contributed by atoms with Crippen LogP contribution in [0.3, 0.4) is 0 Å². The topological polar surface area (TPSA) is 60.4 Å². The van der Waals surface area contributed by atoms with Crippen LogP contribution in [0, 0.1) is 22.7 Å². The molecule has 1 fully saturated rings. The van der Waals surface area contributed by atoms with Crippen molar-refractivity contribution < 1.29 is 19.1 Å². The van der Waals surface area contributed by atoms with Gasteiger partial charge in [0.1, 0.15) is 6.10 Å². The minimum Gasteiger partial charge on any atom is -0.365 e. The Morgan fingerprint density at radius 3 is 1.86 bits per heavy atom. The van der Waals surface area contributed by atoms with E-state index in [4.69, 9.17) is 4.74 Å². The van der Waals surface area contributed by atoms with Gasteiger partial charge in [-0.3, -0.25) is 14.4 Å². The van der Waals surface area contributed by atoms with Gasteiger partial charge in [-0.05, 0) is 74.5 Å². The molecule has 0 radical (unpaired) electrons. The molecule has 0 spiro atoms. The largest absolute Gasteiger partial charge is 0.365 e. The van der Waals surface area contributed by atoms with Crippen molar-refractivity contribution in [2.75, 3.05) is 0 Å². The third kappa shape index (κ3) is 12.4. The van der Waals surface area contributed by atoms with E-state index in [-0.39, 0.29) is 40.0 Å². The zero-order valence-electron chi connectivity index (χ0n) is 32.5. The van der Waals surface area contributed by atoms with Crippen molar-refractivity contribution in [1.29, 1.82) is 0 Å². The summed E-state index contributed by atoms with van der Waals surface area (Å²) in [5, 5.41) is 0. The van der Waals surface area contributed by atoms with E-state index in [9.17, 15) is 14.4 Å². The van der Waals surface area contributed by atoms with Gasteiger partial charge < -0.3 is 4.74 Å². The molecule has 4 heteroatoms. The van der Waals surface area contributed by atoms with Crippen LogP contribution in [0.5, 0.6) is 0 Å². The van der Waals surface area contributed by atoms with E-state index in [2.05, 4.69) is 109 Å². The van der Waals surface area contributed by atoms with Gasteiger partial charge in [0.25, 0.3) is 0 Å². The van der Waals surface area contributed by atoms with E-state index in [1.807, 2.05) is 75.4 Å². The monoisotopic (exact) mass is 686 g/mol. The first kappa shape index (κ1) is 41.0. The van der Waals surface area contributed by atoms with Crippen LogP contribution in [0.1, 0.15) is 87.6 Å². The van der Waals surface area contributed by atoms with Gasteiger partial charge in [0.05, 0.1) is 6.61 Å². The number of hydrogen-bond donors (Lipinski definition) is 0. The molecule has 0 aromatic heterocycles. The smallest absolute Gasteiger partial charge is 0.201 e. The summed E-state index contributed by atoms with van der Waals surface area (Å²) in [7, 11) is 0. The molecule has 0 saturated heterocycles. The normalized spacial score (nSPS) is 24.1. The third-order valence-electron chi connectivity index (χ3n) is 9.88. The highest BCUT2D eigenvalue weighted by Crippen LogP contribution is 2.42. The standard InChI is InChI=1S/C47H58O4/c1-33(20-16-22-35(3)26-28-40-37(5)44(49)42(48)30-46(40,7)8)18-14-15-19-34(2)21-17-23-36(4)27-29-41-38(6)45(50)43(31-47(41,9)10)51-32-39-24-12-11-13-25-39/h11-29,37,40,43H,30-32H2,1-10H3/b15-14+,20-16+,21-17+,28-26?,29-27?,33-18+,34-19+,35-22+,36-23+. The lowest BCUT2D eigenvalue weighted by molar-refractivity contribution is -0.145. The Morgan fingerprint density at radius 2 is 1.27 bits per heavy atom. The highest BCUT2D eigenvalue weighted by Gasteiger charge is 2.44. The predicted octanol–water partition coefficient (Wildman–Crippen LogP) is 11.3. The second-order valence-electron chi connectivity index (χ2n) is 15.5. The third-order valence-corrected chi connectivity index (χ3v) is 9.88. The molecule has 2 aliphatic carbocycles. The zero-order valence-corrected chi connectivity index (χ0v) is 32.5. The van der Waals surface area contributed by atoms with Gasteiger partial charge in [-0.25, -0.2) is 0 Å². The Kier molecular flexibility index (Phi) is 15.1. The molecule has 3 unspecified atom stereocenters. The van der Waals surface area contributed by atoms with Crippen molar-refractivity contribution in [3.63, 3.8) is 0 Å². The van der Waals surface area contributed by atoms with E-state index in [0.29, 0.717) is 19.4 Å². The van der Waals surface area contributed by atoms with Crippen LogP contribution in [0.25, 0.3) is 0 Å². The Bertz CT molecular complexity index is 1740. The molecule has 51 heavy (non-hydrogen) atoms. The van der Waals surface area contributed by atoms with E-state index >= 15 is 0 Å². The minimum atomic E-state index is -0.426. The number of carbonyl (C=O) groups is 3. The summed E-state index contributed by atoms with van der Waals surface area (Å²) in [6, 6.07) is 9.99. The van der Waals surface area contributed by atoms with E-state index < -0.39 is 6.10 Å². The molecule has 0 aliphatic heterocycles. The number of ether oxygens (including phenoxy) is 1. The average molecular weight is 687 g/mol. The van der Waals surface area contributed by atoms with Crippen molar-refractivity contribution in [2.24, 2.45) is 22.7 Å². The quantitative estimate of drug-likeness (QED) is 0.153. The van der Waals surface area contributed by atoms with Crippen LogP contribution >= 0.6 is 0 Å². The molecule has 4 nitrogen and oxygen atoms in total. The molecule has 1 aromatic rings. The maximum Gasteiger partial charge on any atom is 0.201 e. The molecule has 270 valence electrons. The molecule has 0 N–H and O–H groups in total. The first-order chi connectivity index (χ1) is 24.0. The van der Waals surface area contributed by atoms with Crippen molar-refractivity contribution in [3.8, 4) is 0 Å². The molecular weight excluding hydrogens is 629 g/mol. The van der Waals surface area contributed by atoms with Crippen LogP contribution in [0.4, 0.5) is 0 Å². The number of benzene rings is 1. The number of carbonyl (C=O) groups excluding carboxylic acids is 3. The second kappa shape index (κ2) is 18.7. The van der Waals surface area contributed by atoms with Gasteiger partial charge in [0.15, 0.2) is 11.6 Å². The predicted molar refractivity (Wildman–Crippen MR) is 213 cm³/mol. The lowest BCUT2D eigenvalue weighted by atomic mass is 9.63. The Hall–Kier alpha value is -4.41. The van der Waals surface area contributed by atoms with Gasteiger partial charge in [0, 0.05) is 12.3 Å². The molecule has 3 rings (SSSR count). The number of hydrogen-bond acceptors (Lipinski definition) is 4. The summed E-state index contributed by atoms with van der Waals surface area (Å²) in [5.41, 5.74) is 6.97. The Balaban J connectivity index is 1.52. The highest BCUT2D eigenvalue weighted by atomic mass is 16.5. The zero-order chi connectivity index (χ0) is 37.8. The molecule has 0 amide bonds. The fourth-order valence-corrected chi connectivity index (χ4v) is 6.75. The first-order valence-corrected chi connectivity index (χ1v) is 18.1. The lowest BCUT2D eigenvalue weighted by Crippen LogP contribution is -2.43. The molecule has 0 heterocycles. The SMILES string of the molecule is CC1=C(C=C/C(C)=C/C=C/C(C)=C/C=C/C=C(C)/C=C/C=C(\C)C=CC2C(C)C(=O)C(=O)CC2(C)C)C(C)(C)CC(OCc2ccccc2)C1=O. The summed E-state index contributed by atoms with van der Waals surface area (Å²) < 4.78 is 6.08. The van der Waals surface area contributed by atoms with Gasteiger partial charge in [-0.15, -0.1) is 0 Å². The summed E-state index contributed by atoms with van der Waals surface area (Å²) in [5.74, 6) is -0.661. The van der Waals surface area contributed by atoms with Gasteiger partial charge in [-0.1, -0.05) is 172 Å². The van der Waals surface area contributed by atoms with Crippen LogP contribution < -0.4 is 0 Å². The van der Waals surface area contributed by atoms with E-state index in [0.717, 1.165) is 39.0 Å². The Labute approximate surface area is 307 Å². The maximum atomic E-state index is 13.2. The van der Waals surface area contributed by atoms with Crippen molar-refractivity contribution in [3.05, 3.63) is 154 Å². The van der Waals surface area contributed by atoms with E-state index in [1.165, 1.54) is 0 Å². The van der Waals surface area contributed by atoms with Gasteiger partial charge in [0.2, 0.25) is 5.78 Å². The maximum absolute atomic E-state index is 13.2. The molecule has 1 saturated carbocycles. The van der Waals surface area contributed by atoms with E-state index in [1.54, 1.807) is 0 Å². The van der Waals surface area contributed by atoms with Crippen LogP contribution in [-0.4, -0.2) is 23.5 Å².